The molecule has 0 aliphatic rings. The summed E-state index contributed by atoms with van der Waals surface area (Å²) >= 11 is 3.32. The zero-order valence-electron chi connectivity index (χ0n) is 15.5. The summed E-state index contributed by atoms with van der Waals surface area (Å²) in [5.74, 6) is -0.592. The van der Waals surface area contributed by atoms with E-state index in [1.807, 2.05) is 0 Å². The number of nitrogens with zero attached hydrogens (tertiary/aromatic N) is 1. The van der Waals surface area contributed by atoms with E-state index in [1.54, 1.807) is 53.7 Å². The van der Waals surface area contributed by atoms with Crippen LogP contribution in [-0.4, -0.2) is 32.2 Å². The van der Waals surface area contributed by atoms with Gasteiger partial charge in [-0.3, -0.25) is 9.78 Å². The summed E-state index contributed by atoms with van der Waals surface area (Å²) in [4.78, 5) is 16.5. The van der Waals surface area contributed by atoms with Gasteiger partial charge in [-0.25, -0.2) is 13.3 Å². The van der Waals surface area contributed by atoms with Crippen molar-refractivity contribution in [2.24, 2.45) is 0 Å². The minimum absolute atomic E-state index is 0.285. The third-order valence-electron chi connectivity index (χ3n) is 3.15. The molecular weight excluding hydrogens is 411 g/mol. The second-order valence-electron chi connectivity index (χ2n) is 7.82. The number of aromatic nitrogens is 1. The average molecular weight is 437 g/mol. The largest absolute Gasteiger partial charge is 0.460 e. The minimum Gasteiger partial charge on any atom is -0.460 e. The van der Waals surface area contributed by atoms with E-state index in [0.29, 0.717) is 4.47 Å². The highest BCUT2D eigenvalue weighted by molar-refractivity contribution is 9.10. The molecular formula is C17H26BrFN2O3S. The molecule has 0 saturated carbocycles. The maximum Gasteiger partial charge on any atom is 0.308 e. The van der Waals surface area contributed by atoms with Crippen molar-refractivity contribution < 1.29 is 18.1 Å². The second-order valence-corrected chi connectivity index (χ2v) is 10.7. The number of esters is 1. The minimum atomic E-state index is -1.61. The third-order valence-corrected chi connectivity index (χ3v) is 5.33. The molecule has 0 amide bonds. The highest BCUT2D eigenvalue weighted by atomic mass is 79.9. The number of nitrogens with one attached hydrogen (secondary N) is 1. The zero-order chi connectivity index (χ0) is 19.5. The van der Waals surface area contributed by atoms with Gasteiger partial charge in [-0.15, -0.1) is 0 Å². The number of hydrogen-bond donors (Lipinski definition) is 1. The number of pyridine rings is 1. The Morgan fingerprint density at radius 2 is 1.92 bits per heavy atom. The molecule has 1 rings (SSSR count). The van der Waals surface area contributed by atoms with Crippen LogP contribution in [0.15, 0.2) is 22.8 Å². The lowest BCUT2D eigenvalue weighted by Crippen LogP contribution is -2.51. The first-order valence-electron chi connectivity index (χ1n) is 7.89. The normalized spacial score (nSPS) is 16.2. The van der Waals surface area contributed by atoms with Gasteiger partial charge in [-0.2, -0.15) is 0 Å². The Kier molecular flexibility index (Phi) is 7.30. The van der Waals surface area contributed by atoms with E-state index in [2.05, 4.69) is 25.6 Å². The fourth-order valence-electron chi connectivity index (χ4n) is 1.94. The molecule has 0 aromatic carbocycles. The van der Waals surface area contributed by atoms with E-state index in [-0.39, 0.29) is 12.1 Å². The van der Waals surface area contributed by atoms with Gasteiger partial charge < -0.3 is 4.74 Å². The number of halogens is 2. The number of ether oxygens (including phenoxy) is 1. The summed E-state index contributed by atoms with van der Waals surface area (Å²) in [6, 6.07) is 3.30. The van der Waals surface area contributed by atoms with Crippen LogP contribution in [-0.2, 0) is 26.1 Å². The number of carbonyl (C=O) groups excluding carboxylic acids is 1. The molecule has 0 radical (unpaired) electrons. The molecule has 1 heterocycles. The van der Waals surface area contributed by atoms with E-state index in [1.165, 1.54) is 6.20 Å². The second kappa shape index (κ2) is 8.22. The van der Waals surface area contributed by atoms with Crippen molar-refractivity contribution in [3.63, 3.8) is 0 Å². The molecule has 25 heavy (non-hydrogen) atoms. The molecule has 0 saturated heterocycles. The number of hydrogen-bond acceptors (Lipinski definition) is 4. The van der Waals surface area contributed by atoms with Crippen molar-refractivity contribution in [1.29, 1.82) is 0 Å². The first-order valence-corrected chi connectivity index (χ1v) is 9.83. The summed E-state index contributed by atoms with van der Waals surface area (Å²) in [6.07, 6.45) is 1.17. The van der Waals surface area contributed by atoms with Crippen LogP contribution in [0.5, 0.6) is 0 Å². The van der Waals surface area contributed by atoms with Gasteiger partial charge in [-0.1, -0.05) is 15.9 Å². The average Bonchev–Trinajstić information content (AvgIpc) is 2.43. The molecule has 1 aromatic rings. The molecule has 0 aliphatic heterocycles. The molecule has 1 aromatic heterocycles. The third kappa shape index (κ3) is 6.75. The Balaban J connectivity index is 3.28. The van der Waals surface area contributed by atoms with Crippen LogP contribution in [0.2, 0.25) is 0 Å². The molecule has 2 atom stereocenters. The summed E-state index contributed by atoms with van der Waals surface area (Å²) in [5, 5.41) is 0. The molecule has 5 nitrogen and oxygen atoms in total. The van der Waals surface area contributed by atoms with Gasteiger partial charge in [0.15, 0.2) is 0 Å². The van der Waals surface area contributed by atoms with Gasteiger partial charge in [0, 0.05) is 10.7 Å². The molecule has 0 spiro atoms. The van der Waals surface area contributed by atoms with E-state index in [4.69, 9.17) is 4.74 Å². The lowest BCUT2D eigenvalue weighted by atomic mass is 9.93. The van der Waals surface area contributed by atoms with Crippen LogP contribution < -0.4 is 4.72 Å². The van der Waals surface area contributed by atoms with Crippen LogP contribution in [0.25, 0.3) is 0 Å². The quantitative estimate of drug-likeness (QED) is 0.688. The van der Waals surface area contributed by atoms with Crippen LogP contribution in [0.3, 0.4) is 0 Å². The van der Waals surface area contributed by atoms with Crippen molar-refractivity contribution in [1.82, 2.24) is 9.71 Å². The SMILES string of the molecule is CC(C)(C)OC(=O)C[C@](CF)(N[S@](=O)C(C)(C)C)c1cc(Br)ccn1. The predicted octanol–water partition coefficient (Wildman–Crippen LogP) is 3.79. The highest BCUT2D eigenvalue weighted by Gasteiger charge is 2.41. The van der Waals surface area contributed by atoms with Gasteiger partial charge in [0.25, 0.3) is 0 Å². The summed E-state index contributed by atoms with van der Waals surface area (Å²) in [5.41, 5.74) is -1.95. The van der Waals surface area contributed by atoms with Crippen LogP contribution in [0.1, 0.15) is 53.7 Å². The first-order chi connectivity index (χ1) is 11.3. The number of rotatable bonds is 6. The van der Waals surface area contributed by atoms with Gasteiger partial charge >= 0.3 is 5.97 Å². The van der Waals surface area contributed by atoms with Crippen molar-refractivity contribution in [3.8, 4) is 0 Å². The predicted molar refractivity (Wildman–Crippen MR) is 101 cm³/mol. The standard InChI is InChI=1S/C17H26BrFN2O3S/c1-15(2,3)24-14(22)10-17(11-19,21-25(23)16(4,5)6)13-9-12(18)7-8-20-13/h7-9,21H,10-11H2,1-6H3/t17-,25-/m1/s1. The lowest BCUT2D eigenvalue weighted by molar-refractivity contribution is -0.156. The van der Waals surface area contributed by atoms with Gasteiger partial charge in [0.2, 0.25) is 0 Å². The highest BCUT2D eigenvalue weighted by Crippen LogP contribution is 2.30. The Morgan fingerprint density at radius 1 is 1.32 bits per heavy atom. The lowest BCUT2D eigenvalue weighted by Gasteiger charge is -2.34. The monoisotopic (exact) mass is 436 g/mol. The van der Waals surface area contributed by atoms with Crippen molar-refractivity contribution >= 4 is 32.9 Å². The zero-order valence-corrected chi connectivity index (χ0v) is 17.9. The Labute approximate surface area is 159 Å². The molecule has 0 unspecified atom stereocenters. The summed E-state index contributed by atoms with van der Waals surface area (Å²) in [7, 11) is -1.61. The molecule has 1 N–H and O–H groups in total. The maximum atomic E-state index is 14.2. The maximum absolute atomic E-state index is 14.2. The van der Waals surface area contributed by atoms with Crippen molar-refractivity contribution in [2.75, 3.05) is 6.67 Å². The van der Waals surface area contributed by atoms with Crippen molar-refractivity contribution in [3.05, 3.63) is 28.5 Å². The molecule has 142 valence electrons. The Morgan fingerprint density at radius 3 is 2.36 bits per heavy atom. The summed E-state index contributed by atoms with van der Waals surface area (Å²) in [6.45, 7) is 9.54. The number of alkyl halides is 1. The van der Waals surface area contributed by atoms with Crippen LogP contribution >= 0.6 is 15.9 Å². The van der Waals surface area contributed by atoms with E-state index in [9.17, 15) is 13.4 Å². The molecule has 0 aliphatic carbocycles. The van der Waals surface area contributed by atoms with Crippen LogP contribution in [0, 0.1) is 0 Å². The smallest absolute Gasteiger partial charge is 0.308 e. The van der Waals surface area contributed by atoms with Crippen molar-refractivity contribution in [2.45, 2.75) is 63.9 Å². The Hall–Kier alpha value is -0.860. The van der Waals surface area contributed by atoms with Gasteiger partial charge in [0.1, 0.15) is 17.8 Å². The molecule has 0 bridgehead atoms. The van der Waals surface area contributed by atoms with E-state index < -0.39 is 39.5 Å². The Bertz CT molecular complexity index is 644. The fourth-order valence-corrected chi connectivity index (χ4v) is 3.17. The van der Waals surface area contributed by atoms with E-state index >= 15 is 0 Å². The van der Waals surface area contributed by atoms with E-state index in [0.717, 1.165) is 0 Å². The molecule has 0 fully saturated rings. The number of carbonyl (C=O) groups is 1. The van der Waals surface area contributed by atoms with Crippen LogP contribution in [0.4, 0.5) is 4.39 Å². The first kappa shape index (κ1) is 22.2. The fraction of sp³-hybridized carbons (Fsp3) is 0.647. The van der Waals surface area contributed by atoms with Gasteiger partial charge in [-0.05, 0) is 53.7 Å². The molecule has 8 heteroatoms. The summed E-state index contributed by atoms with van der Waals surface area (Å²) < 4.78 is 35.0. The topological polar surface area (TPSA) is 68.3 Å². The van der Waals surface area contributed by atoms with Gasteiger partial charge in [0.05, 0.1) is 27.8 Å².